The van der Waals surface area contributed by atoms with Gasteiger partial charge in [-0.1, -0.05) is 96.7 Å². The monoisotopic (exact) mass is 525 g/mol. The van der Waals surface area contributed by atoms with Crippen LogP contribution >= 0.6 is 0 Å². The summed E-state index contributed by atoms with van der Waals surface area (Å²) in [4.78, 5) is 0. The molecule has 0 radical (unpaired) electrons. The van der Waals surface area contributed by atoms with Crippen molar-refractivity contribution in [1.29, 1.82) is 0 Å². The summed E-state index contributed by atoms with van der Waals surface area (Å²) < 4.78 is 145. The van der Waals surface area contributed by atoms with Gasteiger partial charge in [0.15, 0.2) is 0 Å². The highest BCUT2D eigenvalue weighted by atomic mass is 16.3. The zero-order valence-corrected chi connectivity index (χ0v) is 20.4. The van der Waals surface area contributed by atoms with Crippen LogP contribution < -0.4 is 0 Å². The summed E-state index contributed by atoms with van der Waals surface area (Å²) in [7, 11) is 0. The average molecular weight is 526 g/mol. The van der Waals surface area contributed by atoms with Gasteiger partial charge >= 0.3 is 0 Å². The van der Waals surface area contributed by atoms with Gasteiger partial charge in [0.25, 0.3) is 0 Å². The molecule has 0 unspecified atom stereocenters. The minimum Gasteiger partial charge on any atom is -0.464 e. The van der Waals surface area contributed by atoms with Crippen LogP contribution in [0.5, 0.6) is 0 Å². The molecule has 0 fully saturated rings. The Morgan fingerprint density at radius 2 is 1.12 bits per heavy atom. The van der Waals surface area contributed by atoms with E-state index in [1.54, 1.807) is 30.3 Å². The maximum atomic E-state index is 9.28. The van der Waals surface area contributed by atoms with Crippen LogP contribution in [0, 0.1) is 0 Å². The van der Waals surface area contributed by atoms with E-state index in [4.69, 9.17) is 22.5 Å². The molecular weight excluding hydrogens is 488 g/mol. The molecular formula is C38H22O2. The summed E-state index contributed by atoms with van der Waals surface area (Å²) in [5, 5.41) is 0.259. The van der Waals surface area contributed by atoms with Crippen LogP contribution in [0.4, 0.5) is 0 Å². The zero-order valence-electron chi connectivity index (χ0n) is 35.4. The molecule has 0 spiro atoms. The number of hydrogen-bond donors (Lipinski definition) is 0. The molecule has 2 heterocycles. The van der Waals surface area contributed by atoms with Crippen LogP contribution in [0.2, 0.25) is 0 Å². The van der Waals surface area contributed by atoms with Gasteiger partial charge in [-0.2, -0.15) is 0 Å². The third-order valence-corrected chi connectivity index (χ3v) is 7.30. The van der Waals surface area contributed by atoms with Crippen molar-refractivity contribution in [3.05, 3.63) is 133 Å². The predicted molar refractivity (Wildman–Crippen MR) is 167 cm³/mol. The lowest BCUT2D eigenvalue weighted by Gasteiger charge is -2.18. The van der Waals surface area contributed by atoms with Gasteiger partial charge in [0.1, 0.15) is 16.7 Å². The Labute approximate surface area is 250 Å². The summed E-state index contributed by atoms with van der Waals surface area (Å²) in [6.07, 6.45) is 1.53. The van der Waals surface area contributed by atoms with Crippen LogP contribution in [-0.2, 0) is 0 Å². The van der Waals surface area contributed by atoms with E-state index < -0.39 is 107 Å². The van der Waals surface area contributed by atoms with Crippen molar-refractivity contribution in [3.63, 3.8) is 0 Å². The Kier molecular flexibility index (Phi) is 2.39. The average Bonchev–Trinajstić information content (AvgIpc) is 3.81. The normalized spacial score (nSPS) is 17.2. The van der Waals surface area contributed by atoms with Gasteiger partial charge in [0.05, 0.1) is 32.2 Å². The first-order chi connectivity index (χ1) is 26.1. The first kappa shape index (κ1) is 11.8. The highest BCUT2D eigenvalue weighted by Gasteiger charge is 2.19. The highest BCUT2D eigenvalue weighted by Crippen LogP contribution is 2.46. The maximum Gasteiger partial charge on any atom is 0.146 e. The molecule has 0 aliphatic rings. The first-order valence-electron chi connectivity index (χ1n) is 19.9. The Bertz CT molecular complexity index is 3180. The largest absolute Gasteiger partial charge is 0.464 e. The summed E-state index contributed by atoms with van der Waals surface area (Å²) >= 11 is 0. The maximum absolute atomic E-state index is 9.28. The molecule has 2 heteroatoms. The molecule has 0 aliphatic carbocycles. The van der Waals surface area contributed by atoms with E-state index in [0.717, 1.165) is 5.39 Å². The van der Waals surface area contributed by atoms with Crippen molar-refractivity contribution in [2.75, 3.05) is 0 Å². The summed E-state index contributed by atoms with van der Waals surface area (Å²) in [5.74, 6) is 0. The molecule has 186 valence electrons. The molecule has 7 aromatic carbocycles. The standard InChI is InChI=1S/C38H22O2/c1-2-10-25-23(8-1)9-7-15-27(25)37-30-13-5-3-11-28(30)36(29-12-4-6-14-31(29)37)24-16-17-26-32-18-19-34-33(20-21-39-34)38(32)40-35(26)22-24/h1-22H/i1D,2D,3D,4D,5D,6D,7D,8D,9D,10D,11D,12D,13D,14D,15D. The van der Waals surface area contributed by atoms with Gasteiger partial charge in [-0.3, -0.25) is 0 Å². The highest BCUT2D eigenvalue weighted by molar-refractivity contribution is 6.24. The van der Waals surface area contributed by atoms with Crippen molar-refractivity contribution >= 4 is 65.2 Å². The van der Waals surface area contributed by atoms with Crippen molar-refractivity contribution < 1.29 is 29.4 Å². The Morgan fingerprint density at radius 3 is 1.90 bits per heavy atom. The molecule has 2 nitrogen and oxygen atoms in total. The smallest absolute Gasteiger partial charge is 0.146 e. The van der Waals surface area contributed by atoms with E-state index in [1.807, 2.05) is 6.07 Å². The lowest BCUT2D eigenvalue weighted by molar-refractivity contribution is 0.615. The van der Waals surface area contributed by atoms with Crippen molar-refractivity contribution in [2.45, 2.75) is 0 Å². The molecule has 0 saturated carbocycles. The van der Waals surface area contributed by atoms with Crippen molar-refractivity contribution in [2.24, 2.45) is 0 Å². The predicted octanol–water partition coefficient (Wildman–Crippen LogP) is 11.1. The summed E-state index contributed by atoms with van der Waals surface area (Å²) in [6.45, 7) is 0. The molecule has 0 aliphatic heterocycles. The fourth-order valence-corrected chi connectivity index (χ4v) is 5.60. The van der Waals surface area contributed by atoms with E-state index in [9.17, 15) is 6.85 Å². The molecule has 9 rings (SSSR count). The van der Waals surface area contributed by atoms with Crippen LogP contribution in [0.15, 0.2) is 142 Å². The summed E-state index contributed by atoms with van der Waals surface area (Å²) in [6, 6.07) is 0.0591. The zero-order chi connectivity index (χ0) is 39.3. The number of rotatable bonds is 2. The number of hydrogen-bond acceptors (Lipinski definition) is 2. The van der Waals surface area contributed by atoms with Crippen LogP contribution in [0.3, 0.4) is 0 Å². The van der Waals surface area contributed by atoms with Crippen LogP contribution in [0.25, 0.3) is 87.5 Å². The minimum absolute atomic E-state index is 0.00971. The van der Waals surface area contributed by atoms with Gasteiger partial charge in [-0.15, -0.1) is 0 Å². The molecule has 2 aromatic heterocycles. The molecule has 0 saturated heterocycles. The van der Waals surface area contributed by atoms with Crippen LogP contribution in [0.1, 0.15) is 20.6 Å². The van der Waals surface area contributed by atoms with Gasteiger partial charge in [-0.25, -0.2) is 0 Å². The Hall–Kier alpha value is -5.34. The fourth-order valence-electron chi connectivity index (χ4n) is 5.60. The van der Waals surface area contributed by atoms with Crippen molar-refractivity contribution in [3.8, 4) is 22.3 Å². The SMILES string of the molecule is [2H]c1c([2H])c([2H])c2c(-c3c4c([2H])c([2H])c([2H])c([2H])c4c(-c4ccc5c(c4)oc4c6ccoc6ccc54)c4c([2H])c([2H])c([2H])c([2H])c34)c([2H])c([2H])c([2H])c2c1[2H]. The Balaban J connectivity index is 1.58. The lowest BCUT2D eigenvalue weighted by Crippen LogP contribution is -1.91. The van der Waals surface area contributed by atoms with Gasteiger partial charge in [-0.05, 0) is 84.9 Å². The van der Waals surface area contributed by atoms with Gasteiger partial charge in [0, 0.05) is 10.8 Å². The number of fused-ring (bicyclic) bond motifs is 8. The molecule has 0 N–H and O–H groups in total. The fraction of sp³-hybridized carbons (Fsp3) is 0. The topological polar surface area (TPSA) is 26.3 Å². The first-order valence-corrected chi connectivity index (χ1v) is 12.4. The van der Waals surface area contributed by atoms with E-state index in [-0.39, 0.29) is 38.2 Å². The molecule has 0 amide bonds. The number of furan rings is 2. The second kappa shape index (κ2) is 8.08. The van der Waals surface area contributed by atoms with Gasteiger partial charge < -0.3 is 8.83 Å². The van der Waals surface area contributed by atoms with Crippen LogP contribution in [-0.4, -0.2) is 0 Å². The lowest BCUT2D eigenvalue weighted by atomic mass is 9.84. The number of benzene rings is 7. The molecule has 9 aromatic rings. The molecule has 0 atom stereocenters. The molecule has 40 heavy (non-hydrogen) atoms. The van der Waals surface area contributed by atoms with E-state index in [2.05, 4.69) is 0 Å². The van der Waals surface area contributed by atoms with Crippen molar-refractivity contribution in [1.82, 2.24) is 0 Å². The Morgan fingerprint density at radius 1 is 0.475 bits per heavy atom. The second-order valence-corrected chi connectivity index (χ2v) is 9.34. The van der Waals surface area contributed by atoms with E-state index in [0.29, 0.717) is 27.5 Å². The van der Waals surface area contributed by atoms with E-state index in [1.165, 1.54) is 6.26 Å². The third kappa shape index (κ3) is 2.93. The molecule has 0 bridgehead atoms. The van der Waals surface area contributed by atoms with E-state index >= 15 is 0 Å². The third-order valence-electron chi connectivity index (χ3n) is 7.30. The second-order valence-electron chi connectivity index (χ2n) is 9.34. The minimum atomic E-state index is -0.762. The quantitative estimate of drug-likeness (QED) is 0.210. The van der Waals surface area contributed by atoms with Gasteiger partial charge in [0.2, 0.25) is 0 Å². The summed E-state index contributed by atoms with van der Waals surface area (Å²) in [5.41, 5.74) is 0.901.